The minimum Gasteiger partial charge on any atom is -0.346 e. The minimum atomic E-state index is -0.930. The molecule has 1 heterocycles. The third-order valence-corrected chi connectivity index (χ3v) is 3.74. The number of hydrogen-bond acceptors (Lipinski definition) is 3. The van der Waals surface area contributed by atoms with Crippen LogP contribution in [0.1, 0.15) is 37.5 Å². The maximum Gasteiger partial charge on any atom is 0.239 e. The number of aryl methyl sites for hydroxylation is 1. The number of amides is 1. The number of nitrogens with zero attached hydrogens (tertiary/aromatic N) is 2. The fraction of sp³-hybridized carbons (Fsp3) is 0.500. The first kappa shape index (κ1) is 15.5. The Hall–Kier alpha value is -1.93. The molecule has 1 aliphatic rings. The van der Waals surface area contributed by atoms with Gasteiger partial charge in [-0.3, -0.25) is 4.79 Å². The van der Waals surface area contributed by atoms with Gasteiger partial charge < -0.3 is 9.64 Å². The Morgan fingerprint density at radius 3 is 2.57 bits per heavy atom. The van der Waals surface area contributed by atoms with Crippen molar-refractivity contribution in [2.75, 3.05) is 6.67 Å². The second-order valence-corrected chi connectivity index (χ2v) is 5.72. The van der Waals surface area contributed by atoms with Gasteiger partial charge >= 0.3 is 0 Å². The van der Waals surface area contributed by atoms with Crippen molar-refractivity contribution in [3.8, 4) is 6.07 Å². The normalized spacial score (nSPS) is 23.9. The molecule has 1 aromatic rings. The lowest BCUT2D eigenvalue weighted by Crippen LogP contribution is -2.48. The predicted octanol–water partition coefficient (Wildman–Crippen LogP) is 2.88. The highest BCUT2D eigenvalue weighted by Crippen LogP contribution is 2.41. The Morgan fingerprint density at radius 1 is 1.43 bits per heavy atom. The van der Waals surface area contributed by atoms with Crippen LogP contribution in [0.5, 0.6) is 0 Å². The molecule has 21 heavy (non-hydrogen) atoms. The van der Waals surface area contributed by atoms with Gasteiger partial charge in [0.25, 0.3) is 0 Å². The van der Waals surface area contributed by atoms with Gasteiger partial charge in [-0.05, 0) is 26.3 Å². The van der Waals surface area contributed by atoms with E-state index < -0.39 is 30.5 Å². The van der Waals surface area contributed by atoms with E-state index in [4.69, 9.17) is 10.00 Å². The zero-order valence-electron chi connectivity index (χ0n) is 12.5. The number of ether oxygens (including phenoxy) is 1. The van der Waals surface area contributed by atoms with Crippen LogP contribution in [-0.4, -0.2) is 29.2 Å². The maximum absolute atomic E-state index is 13.6. The summed E-state index contributed by atoms with van der Waals surface area (Å²) in [5.74, 6) is -0.403. The molecule has 1 amide bonds. The number of rotatable bonds is 3. The largest absolute Gasteiger partial charge is 0.346 e. The summed E-state index contributed by atoms with van der Waals surface area (Å²) < 4.78 is 19.5. The molecule has 0 radical (unpaired) electrons. The monoisotopic (exact) mass is 290 g/mol. The highest BCUT2D eigenvalue weighted by molar-refractivity contribution is 5.79. The van der Waals surface area contributed by atoms with Gasteiger partial charge in [0, 0.05) is 0 Å². The van der Waals surface area contributed by atoms with E-state index in [1.807, 2.05) is 37.3 Å². The molecule has 1 aliphatic heterocycles. The molecule has 2 atom stereocenters. The van der Waals surface area contributed by atoms with Crippen molar-refractivity contribution in [1.29, 1.82) is 5.26 Å². The number of alkyl halides is 1. The fourth-order valence-electron chi connectivity index (χ4n) is 2.82. The van der Waals surface area contributed by atoms with Crippen molar-refractivity contribution in [2.45, 2.75) is 45.1 Å². The molecule has 0 aromatic heterocycles. The molecule has 4 nitrogen and oxygen atoms in total. The van der Waals surface area contributed by atoms with Crippen LogP contribution in [0.4, 0.5) is 4.39 Å². The molecule has 2 unspecified atom stereocenters. The quantitative estimate of drug-likeness (QED) is 0.860. The Morgan fingerprint density at radius 2 is 2.05 bits per heavy atom. The van der Waals surface area contributed by atoms with E-state index in [9.17, 15) is 9.18 Å². The standard InChI is InChI=1S/C16H19FN2O2/c1-11-4-6-12(7-5-11)15-13(10-17)19(14(20)8-9-18)16(2,3)21-15/h4-7,13,15H,8,10H2,1-3H3. The second kappa shape index (κ2) is 5.82. The average Bonchev–Trinajstić information content (AvgIpc) is 2.70. The number of carbonyl (C=O) groups excluding carboxylic acids is 1. The van der Waals surface area contributed by atoms with Crippen LogP contribution in [-0.2, 0) is 9.53 Å². The molecule has 1 saturated heterocycles. The first-order chi connectivity index (χ1) is 9.90. The molecule has 5 heteroatoms. The van der Waals surface area contributed by atoms with E-state index in [2.05, 4.69) is 0 Å². The summed E-state index contributed by atoms with van der Waals surface area (Å²) in [6, 6.07) is 8.75. The van der Waals surface area contributed by atoms with E-state index in [1.54, 1.807) is 13.8 Å². The molecule has 112 valence electrons. The van der Waals surface area contributed by atoms with Gasteiger partial charge in [0.1, 0.15) is 24.9 Å². The van der Waals surface area contributed by atoms with Gasteiger partial charge in [-0.2, -0.15) is 5.26 Å². The van der Waals surface area contributed by atoms with Gasteiger partial charge in [0.2, 0.25) is 5.91 Å². The third-order valence-electron chi connectivity index (χ3n) is 3.74. The average molecular weight is 290 g/mol. The predicted molar refractivity (Wildman–Crippen MR) is 75.9 cm³/mol. The molecule has 1 fully saturated rings. The summed E-state index contributed by atoms with van der Waals surface area (Å²) in [6.07, 6.45) is -0.794. The lowest BCUT2D eigenvalue weighted by Gasteiger charge is -2.32. The summed E-state index contributed by atoms with van der Waals surface area (Å²) in [6.45, 7) is 4.70. The highest BCUT2D eigenvalue weighted by Gasteiger charge is 2.50. The number of hydrogen-bond donors (Lipinski definition) is 0. The summed E-state index contributed by atoms with van der Waals surface area (Å²) in [5.41, 5.74) is 1.01. The van der Waals surface area contributed by atoms with Crippen LogP contribution in [0.3, 0.4) is 0 Å². The van der Waals surface area contributed by atoms with E-state index in [0.717, 1.165) is 11.1 Å². The second-order valence-electron chi connectivity index (χ2n) is 5.72. The minimum absolute atomic E-state index is 0.274. The van der Waals surface area contributed by atoms with Crippen molar-refractivity contribution >= 4 is 5.91 Å². The van der Waals surface area contributed by atoms with Crippen molar-refractivity contribution < 1.29 is 13.9 Å². The molecule has 1 aromatic carbocycles. The molecule has 0 aliphatic carbocycles. The molecule has 0 spiro atoms. The van der Waals surface area contributed by atoms with E-state index >= 15 is 0 Å². The van der Waals surface area contributed by atoms with E-state index in [0.29, 0.717) is 0 Å². The number of nitriles is 1. The summed E-state index contributed by atoms with van der Waals surface area (Å²) >= 11 is 0. The van der Waals surface area contributed by atoms with Crippen LogP contribution in [0, 0.1) is 18.3 Å². The van der Waals surface area contributed by atoms with Crippen molar-refractivity contribution in [2.24, 2.45) is 0 Å². The zero-order valence-corrected chi connectivity index (χ0v) is 12.5. The first-order valence-electron chi connectivity index (χ1n) is 6.90. The highest BCUT2D eigenvalue weighted by atomic mass is 19.1. The summed E-state index contributed by atoms with van der Waals surface area (Å²) in [7, 11) is 0. The third kappa shape index (κ3) is 2.91. The Labute approximate surface area is 124 Å². The van der Waals surface area contributed by atoms with Gasteiger partial charge in [-0.15, -0.1) is 0 Å². The van der Waals surface area contributed by atoms with Crippen molar-refractivity contribution in [1.82, 2.24) is 4.90 Å². The number of halogens is 1. The Bertz CT molecular complexity index is 563. The number of carbonyl (C=O) groups is 1. The van der Waals surface area contributed by atoms with Crippen molar-refractivity contribution in [3.63, 3.8) is 0 Å². The SMILES string of the molecule is Cc1ccc(C2OC(C)(C)N(C(=O)CC#N)C2CF)cc1. The van der Waals surface area contributed by atoms with Crippen molar-refractivity contribution in [3.05, 3.63) is 35.4 Å². The molecule has 0 N–H and O–H groups in total. The van der Waals surface area contributed by atoms with Crippen LogP contribution >= 0.6 is 0 Å². The smallest absolute Gasteiger partial charge is 0.239 e. The molecular formula is C16H19FN2O2. The lowest BCUT2D eigenvalue weighted by molar-refractivity contribution is -0.146. The topological polar surface area (TPSA) is 53.3 Å². The molecule has 2 rings (SSSR count). The molecule has 0 saturated carbocycles. The van der Waals surface area contributed by atoms with E-state index in [1.165, 1.54) is 4.90 Å². The Kier molecular flexibility index (Phi) is 4.29. The van der Waals surface area contributed by atoms with Crippen LogP contribution in [0.2, 0.25) is 0 Å². The van der Waals surface area contributed by atoms with Crippen LogP contribution < -0.4 is 0 Å². The number of benzene rings is 1. The summed E-state index contributed by atoms with van der Waals surface area (Å²) in [5, 5.41) is 8.71. The van der Waals surface area contributed by atoms with Gasteiger partial charge in [-0.25, -0.2) is 4.39 Å². The van der Waals surface area contributed by atoms with Gasteiger partial charge in [-0.1, -0.05) is 29.8 Å². The van der Waals surface area contributed by atoms with Gasteiger partial charge in [0.05, 0.1) is 12.1 Å². The molecule has 0 bridgehead atoms. The van der Waals surface area contributed by atoms with E-state index in [-0.39, 0.29) is 6.42 Å². The lowest BCUT2D eigenvalue weighted by atomic mass is 10.0. The molecular weight excluding hydrogens is 271 g/mol. The van der Waals surface area contributed by atoms with Crippen LogP contribution in [0.15, 0.2) is 24.3 Å². The zero-order chi connectivity index (χ0) is 15.6. The fourth-order valence-corrected chi connectivity index (χ4v) is 2.82. The van der Waals surface area contributed by atoms with Gasteiger partial charge in [0.15, 0.2) is 0 Å². The van der Waals surface area contributed by atoms with Crippen LogP contribution in [0.25, 0.3) is 0 Å². The maximum atomic E-state index is 13.6. The first-order valence-corrected chi connectivity index (χ1v) is 6.90. The summed E-state index contributed by atoms with van der Waals surface area (Å²) in [4.78, 5) is 13.5. The Balaban J connectivity index is 2.35.